The van der Waals surface area contributed by atoms with E-state index in [-0.39, 0.29) is 0 Å². The van der Waals surface area contributed by atoms with Gasteiger partial charge >= 0.3 is 0 Å². The van der Waals surface area contributed by atoms with E-state index in [1.807, 2.05) is 0 Å². The maximum Gasteiger partial charge on any atom is 0.123 e. The summed E-state index contributed by atoms with van der Waals surface area (Å²) < 4.78 is 5.74. The number of rotatable bonds is 0. The summed E-state index contributed by atoms with van der Waals surface area (Å²) >= 11 is 0. The van der Waals surface area contributed by atoms with E-state index in [1.165, 1.54) is 27.1 Å². The normalized spacial score (nSPS) is 14.4. The van der Waals surface area contributed by atoms with Crippen LogP contribution in [0.15, 0.2) is 48.5 Å². The van der Waals surface area contributed by atoms with Crippen LogP contribution in [-0.4, -0.2) is 6.61 Å². The third-order valence-corrected chi connectivity index (χ3v) is 3.82. The second-order valence-electron chi connectivity index (χ2n) is 4.88. The molecule has 0 amide bonds. The van der Waals surface area contributed by atoms with Crippen molar-refractivity contribution in [3.8, 4) is 5.75 Å². The van der Waals surface area contributed by atoms with Crippen molar-refractivity contribution in [3.63, 3.8) is 0 Å². The highest BCUT2D eigenvalue weighted by atomic mass is 16.5. The Bertz CT molecular complexity index is 743. The van der Waals surface area contributed by atoms with Crippen molar-refractivity contribution < 1.29 is 4.74 Å². The van der Waals surface area contributed by atoms with E-state index in [4.69, 9.17) is 4.74 Å². The van der Waals surface area contributed by atoms with Crippen LogP contribution in [0.4, 0.5) is 0 Å². The van der Waals surface area contributed by atoms with Gasteiger partial charge in [-0.1, -0.05) is 42.5 Å². The highest BCUT2D eigenvalue weighted by Gasteiger charge is 2.14. The van der Waals surface area contributed by atoms with Gasteiger partial charge in [-0.15, -0.1) is 0 Å². The van der Waals surface area contributed by atoms with E-state index < -0.39 is 0 Å². The first kappa shape index (κ1) is 9.95. The van der Waals surface area contributed by atoms with E-state index in [0.29, 0.717) is 0 Å². The second kappa shape index (κ2) is 3.74. The zero-order chi connectivity index (χ0) is 11.9. The molecule has 1 aliphatic heterocycles. The molecular weight excluding hydrogens is 220 g/mol. The van der Waals surface area contributed by atoms with Gasteiger partial charge in [0, 0.05) is 5.56 Å². The molecule has 0 aromatic heterocycles. The van der Waals surface area contributed by atoms with Gasteiger partial charge in [0.2, 0.25) is 0 Å². The fraction of sp³-hybridized carbons (Fsp3) is 0.176. The molecule has 1 heterocycles. The lowest BCUT2D eigenvalue weighted by Crippen LogP contribution is -2.08. The first-order valence-corrected chi connectivity index (χ1v) is 6.50. The summed E-state index contributed by atoms with van der Waals surface area (Å²) in [7, 11) is 0. The minimum Gasteiger partial charge on any atom is -0.493 e. The van der Waals surface area contributed by atoms with E-state index in [2.05, 4.69) is 48.5 Å². The van der Waals surface area contributed by atoms with Crippen molar-refractivity contribution in [3.05, 3.63) is 54.1 Å². The Kier molecular flexibility index (Phi) is 2.07. The Labute approximate surface area is 106 Å². The molecule has 0 unspecified atom stereocenters. The fourth-order valence-electron chi connectivity index (χ4n) is 2.95. The van der Waals surface area contributed by atoms with Crippen LogP contribution in [0.5, 0.6) is 5.75 Å². The lowest BCUT2D eigenvalue weighted by Gasteiger charge is -2.19. The van der Waals surface area contributed by atoms with Gasteiger partial charge in [0.1, 0.15) is 5.75 Å². The number of ether oxygens (including phenoxy) is 1. The predicted molar refractivity (Wildman–Crippen MR) is 75.3 cm³/mol. The predicted octanol–water partition coefficient (Wildman–Crippen LogP) is 4.32. The van der Waals surface area contributed by atoms with Crippen LogP contribution in [0, 0.1) is 0 Å². The van der Waals surface area contributed by atoms with E-state index in [0.717, 1.165) is 25.2 Å². The molecule has 0 aliphatic carbocycles. The van der Waals surface area contributed by atoms with Crippen LogP contribution in [0.25, 0.3) is 21.5 Å². The average molecular weight is 234 g/mol. The second-order valence-corrected chi connectivity index (χ2v) is 4.88. The quantitative estimate of drug-likeness (QED) is 0.526. The summed E-state index contributed by atoms with van der Waals surface area (Å²) in [6.07, 6.45) is 2.25. The minimum atomic E-state index is 0.853. The molecule has 4 rings (SSSR count). The largest absolute Gasteiger partial charge is 0.493 e. The molecule has 0 bridgehead atoms. The number of hydrogen-bond donors (Lipinski definition) is 0. The van der Waals surface area contributed by atoms with Crippen LogP contribution in [0.3, 0.4) is 0 Å². The fourth-order valence-corrected chi connectivity index (χ4v) is 2.95. The topological polar surface area (TPSA) is 9.23 Å². The van der Waals surface area contributed by atoms with Crippen LogP contribution >= 0.6 is 0 Å². The Hall–Kier alpha value is -2.02. The van der Waals surface area contributed by atoms with Gasteiger partial charge in [-0.25, -0.2) is 0 Å². The third-order valence-electron chi connectivity index (χ3n) is 3.82. The van der Waals surface area contributed by atoms with Gasteiger partial charge in [0.05, 0.1) is 6.61 Å². The van der Waals surface area contributed by atoms with E-state index in [9.17, 15) is 0 Å². The molecule has 0 radical (unpaired) electrons. The summed E-state index contributed by atoms with van der Waals surface area (Å²) in [6.45, 7) is 0.853. The molecule has 0 spiro atoms. The molecule has 3 aromatic rings. The van der Waals surface area contributed by atoms with Gasteiger partial charge in [-0.2, -0.15) is 0 Å². The highest BCUT2D eigenvalue weighted by Crippen LogP contribution is 2.35. The number of aryl methyl sites for hydroxylation is 1. The molecule has 3 aromatic carbocycles. The zero-order valence-electron chi connectivity index (χ0n) is 10.1. The molecule has 88 valence electrons. The molecule has 1 aliphatic rings. The molecule has 1 heteroatoms. The van der Waals surface area contributed by atoms with Crippen LogP contribution in [0.1, 0.15) is 12.0 Å². The summed E-state index contributed by atoms with van der Waals surface area (Å²) in [5.41, 5.74) is 1.38. The molecule has 0 fully saturated rings. The van der Waals surface area contributed by atoms with Crippen molar-refractivity contribution in [2.75, 3.05) is 6.61 Å². The lowest BCUT2D eigenvalue weighted by atomic mass is 9.95. The Morgan fingerprint density at radius 1 is 0.778 bits per heavy atom. The Morgan fingerprint density at radius 2 is 1.67 bits per heavy atom. The first-order valence-electron chi connectivity index (χ1n) is 6.50. The average Bonchev–Trinajstić information content (AvgIpc) is 2.46. The Balaban J connectivity index is 2.15. The van der Waals surface area contributed by atoms with E-state index in [1.54, 1.807) is 0 Å². The zero-order valence-corrected chi connectivity index (χ0v) is 10.1. The maximum atomic E-state index is 5.74. The van der Waals surface area contributed by atoms with E-state index >= 15 is 0 Å². The molecule has 0 N–H and O–H groups in total. The molecule has 1 nitrogen and oxygen atoms in total. The lowest BCUT2D eigenvalue weighted by molar-refractivity contribution is 0.289. The van der Waals surface area contributed by atoms with Gasteiger partial charge in [-0.3, -0.25) is 0 Å². The van der Waals surface area contributed by atoms with Gasteiger partial charge < -0.3 is 4.74 Å². The number of fused-ring (bicyclic) bond motifs is 5. The first-order chi connectivity index (χ1) is 8.93. The SMILES string of the molecule is c1ccc2c(c1)ccc1c3c(ccc12)OCCC3. The Morgan fingerprint density at radius 3 is 2.67 bits per heavy atom. The monoisotopic (exact) mass is 234 g/mol. The molecule has 18 heavy (non-hydrogen) atoms. The van der Waals surface area contributed by atoms with Crippen LogP contribution in [-0.2, 0) is 6.42 Å². The smallest absolute Gasteiger partial charge is 0.123 e. The third kappa shape index (κ3) is 1.34. The van der Waals surface area contributed by atoms with Crippen LogP contribution < -0.4 is 4.74 Å². The molecular formula is C17H14O. The number of hydrogen-bond acceptors (Lipinski definition) is 1. The number of benzene rings is 3. The standard InChI is InChI=1S/C17H14O/c1-2-5-13-12(4-1)7-8-15-14(13)9-10-17-16(15)6-3-11-18-17/h1-2,4-5,7-10H,3,6,11H2. The van der Waals surface area contributed by atoms with Crippen molar-refractivity contribution in [1.82, 2.24) is 0 Å². The van der Waals surface area contributed by atoms with Gasteiger partial charge in [0.15, 0.2) is 0 Å². The minimum absolute atomic E-state index is 0.853. The summed E-state index contributed by atoms with van der Waals surface area (Å²) in [5.74, 6) is 1.07. The van der Waals surface area contributed by atoms with Crippen molar-refractivity contribution >= 4 is 21.5 Å². The summed E-state index contributed by atoms with van der Waals surface area (Å²) in [4.78, 5) is 0. The van der Waals surface area contributed by atoms with Crippen molar-refractivity contribution in [2.24, 2.45) is 0 Å². The molecule has 0 saturated heterocycles. The summed E-state index contributed by atoms with van der Waals surface area (Å²) in [6, 6.07) is 17.4. The highest BCUT2D eigenvalue weighted by molar-refractivity contribution is 6.09. The summed E-state index contributed by atoms with van der Waals surface area (Å²) in [5, 5.41) is 5.34. The van der Waals surface area contributed by atoms with Crippen molar-refractivity contribution in [1.29, 1.82) is 0 Å². The van der Waals surface area contributed by atoms with Gasteiger partial charge in [-0.05, 0) is 40.5 Å². The molecule has 0 saturated carbocycles. The maximum absolute atomic E-state index is 5.74. The van der Waals surface area contributed by atoms with Crippen LogP contribution in [0.2, 0.25) is 0 Å². The van der Waals surface area contributed by atoms with Crippen molar-refractivity contribution in [2.45, 2.75) is 12.8 Å². The molecule has 0 atom stereocenters. The van der Waals surface area contributed by atoms with Gasteiger partial charge in [0.25, 0.3) is 0 Å².